The van der Waals surface area contributed by atoms with Gasteiger partial charge in [-0.3, -0.25) is 4.90 Å². The molecule has 25 heavy (non-hydrogen) atoms. The van der Waals surface area contributed by atoms with E-state index in [2.05, 4.69) is 36.0 Å². The van der Waals surface area contributed by atoms with Crippen molar-refractivity contribution in [3.8, 4) is 0 Å². The third kappa shape index (κ3) is 5.10. The number of hydrogen-bond acceptors (Lipinski definition) is 3. The number of piperidine rings is 1. The summed E-state index contributed by atoms with van der Waals surface area (Å²) in [4.78, 5) is 19.7. The number of nitrogens with one attached hydrogen (secondary N) is 1. The van der Waals surface area contributed by atoms with Crippen molar-refractivity contribution < 1.29 is 4.79 Å². The van der Waals surface area contributed by atoms with Crippen LogP contribution >= 0.6 is 0 Å². The van der Waals surface area contributed by atoms with Crippen molar-refractivity contribution in [2.24, 2.45) is 5.92 Å². The van der Waals surface area contributed by atoms with Gasteiger partial charge in [-0.25, -0.2) is 4.79 Å². The lowest BCUT2D eigenvalue weighted by Crippen LogP contribution is -2.66. The number of urea groups is 1. The van der Waals surface area contributed by atoms with Crippen molar-refractivity contribution in [2.45, 2.75) is 76.9 Å². The van der Waals surface area contributed by atoms with Crippen molar-refractivity contribution in [3.05, 3.63) is 0 Å². The standard InChI is InChI=1S/C20H38N4O/c1-16(2)13-24(18-9-11-22(3)12-10-18)19-14-23(15-19)20(25)21-17-7-5-4-6-8-17/h16-19H,4-15H2,1-3H3,(H,21,25). The first-order valence-corrected chi connectivity index (χ1v) is 10.5. The summed E-state index contributed by atoms with van der Waals surface area (Å²) in [6.45, 7) is 10.0. The summed E-state index contributed by atoms with van der Waals surface area (Å²) in [5, 5.41) is 3.27. The normalized spacial score (nSPS) is 24.8. The molecule has 1 N–H and O–H groups in total. The molecule has 0 aromatic rings. The topological polar surface area (TPSA) is 38.8 Å². The molecule has 1 saturated carbocycles. The van der Waals surface area contributed by atoms with Crippen molar-refractivity contribution in [1.29, 1.82) is 0 Å². The molecule has 0 atom stereocenters. The van der Waals surface area contributed by atoms with Gasteiger partial charge in [-0.2, -0.15) is 0 Å². The molecule has 0 spiro atoms. The van der Waals surface area contributed by atoms with Crippen LogP contribution in [0.1, 0.15) is 58.8 Å². The van der Waals surface area contributed by atoms with Crippen LogP contribution in [0.15, 0.2) is 0 Å². The number of likely N-dealkylation sites (tertiary alicyclic amines) is 2. The summed E-state index contributed by atoms with van der Waals surface area (Å²) in [5.41, 5.74) is 0. The Kier molecular flexibility index (Phi) is 6.61. The summed E-state index contributed by atoms with van der Waals surface area (Å²) < 4.78 is 0. The van der Waals surface area contributed by atoms with Crippen molar-refractivity contribution in [3.63, 3.8) is 0 Å². The van der Waals surface area contributed by atoms with Crippen LogP contribution in [0.5, 0.6) is 0 Å². The van der Waals surface area contributed by atoms with Gasteiger partial charge >= 0.3 is 6.03 Å². The molecule has 2 amide bonds. The zero-order valence-corrected chi connectivity index (χ0v) is 16.5. The highest BCUT2D eigenvalue weighted by molar-refractivity contribution is 5.75. The first kappa shape index (κ1) is 19.0. The average molecular weight is 351 g/mol. The highest BCUT2D eigenvalue weighted by Crippen LogP contribution is 2.25. The van der Waals surface area contributed by atoms with Gasteiger partial charge in [0, 0.05) is 37.8 Å². The Hall–Kier alpha value is -0.810. The summed E-state index contributed by atoms with van der Waals surface area (Å²) in [6, 6.07) is 1.86. The van der Waals surface area contributed by atoms with Crippen molar-refractivity contribution >= 4 is 6.03 Å². The van der Waals surface area contributed by atoms with E-state index in [-0.39, 0.29) is 6.03 Å². The third-order valence-corrected chi connectivity index (χ3v) is 6.28. The Balaban J connectivity index is 1.48. The van der Waals surface area contributed by atoms with Crippen molar-refractivity contribution in [1.82, 2.24) is 20.0 Å². The van der Waals surface area contributed by atoms with Crippen LogP contribution in [0.25, 0.3) is 0 Å². The van der Waals surface area contributed by atoms with Gasteiger partial charge in [-0.05, 0) is 51.7 Å². The Morgan fingerprint density at radius 2 is 1.68 bits per heavy atom. The fourth-order valence-corrected chi connectivity index (χ4v) is 4.69. The van der Waals surface area contributed by atoms with E-state index < -0.39 is 0 Å². The summed E-state index contributed by atoms with van der Waals surface area (Å²) in [5.74, 6) is 0.685. The molecule has 5 heteroatoms. The predicted molar refractivity (Wildman–Crippen MR) is 103 cm³/mol. The fraction of sp³-hybridized carbons (Fsp3) is 0.950. The maximum Gasteiger partial charge on any atom is 0.317 e. The summed E-state index contributed by atoms with van der Waals surface area (Å²) in [6.07, 6.45) is 8.74. The maximum atomic E-state index is 12.5. The molecule has 3 fully saturated rings. The molecule has 0 aromatic heterocycles. The Morgan fingerprint density at radius 1 is 1.04 bits per heavy atom. The van der Waals surface area contributed by atoms with Crippen LogP contribution in [-0.4, -0.2) is 78.6 Å². The lowest BCUT2D eigenvalue weighted by Gasteiger charge is -2.50. The second-order valence-corrected chi connectivity index (χ2v) is 8.97. The van der Waals surface area contributed by atoms with Crippen LogP contribution in [0.4, 0.5) is 4.79 Å². The minimum atomic E-state index is 0.177. The van der Waals surface area contributed by atoms with Crippen LogP contribution < -0.4 is 5.32 Å². The molecule has 5 nitrogen and oxygen atoms in total. The van der Waals surface area contributed by atoms with Gasteiger partial charge in [0.15, 0.2) is 0 Å². The number of nitrogens with zero attached hydrogens (tertiary/aromatic N) is 3. The maximum absolute atomic E-state index is 12.5. The lowest BCUT2D eigenvalue weighted by molar-refractivity contribution is 0.00202. The van der Waals surface area contributed by atoms with Gasteiger partial charge in [0.05, 0.1) is 0 Å². The largest absolute Gasteiger partial charge is 0.335 e. The molecule has 0 radical (unpaired) electrons. The van der Waals surface area contributed by atoms with Gasteiger partial charge in [0.2, 0.25) is 0 Å². The molecule has 0 bridgehead atoms. The third-order valence-electron chi connectivity index (χ3n) is 6.28. The van der Waals surface area contributed by atoms with Gasteiger partial charge < -0.3 is 15.1 Å². The molecule has 144 valence electrons. The van der Waals surface area contributed by atoms with E-state index in [0.717, 1.165) is 32.5 Å². The van der Waals surface area contributed by atoms with E-state index in [0.29, 0.717) is 24.0 Å². The van der Waals surface area contributed by atoms with Gasteiger partial charge in [-0.1, -0.05) is 33.1 Å². The molecule has 2 heterocycles. The SMILES string of the molecule is CC(C)CN(C1CCN(C)CC1)C1CN(C(=O)NC2CCCCC2)C1. The molecule has 1 aliphatic carbocycles. The van der Waals surface area contributed by atoms with E-state index in [1.54, 1.807) is 0 Å². The van der Waals surface area contributed by atoms with Gasteiger partial charge in [0.1, 0.15) is 0 Å². The smallest absolute Gasteiger partial charge is 0.317 e. The minimum Gasteiger partial charge on any atom is -0.335 e. The summed E-state index contributed by atoms with van der Waals surface area (Å²) >= 11 is 0. The number of carbonyl (C=O) groups is 1. The molecule has 2 aliphatic heterocycles. The fourth-order valence-electron chi connectivity index (χ4n) is 4.69. The molecular formula is C20H38N4O. The molecule has 0 unspecified atom stereocenters. The summed E-state index contributed by atoms with van der Waals surface area (Å²) in [7, 11) is 2.23. The Morgan fingerprint density at radius 3 is 2.28 bits per heavy atom. The first-order chi connectivity index (χ1) is 12.0. The predicted octanol–water partition coefficient (Wildman–Crippen LogP) is 2.77. The average Bonchev–Trinajstić information content (AvgIpc) is 2.54. The van der Waals surface area contributed by atoms with E-state index in [9.17, 15) is 4.79 Å². The number of carbonyl (C=O) groups excluding carboxylic acids is 1. The highest BCUT2D eigenvalue weighted by atomic mass is 16.2. The monoisotopic (exact) mass is 350 g/mol. The number of hydrogen-bond donors (Lipinski definition) is 1. The van der Waals surface area contributed by atoms with E-state index in [1.807, 2.05) is 4.90 Å². The number of rotatable bonds is 5. The second kappa shape index (κ2) is 8.72. The van der Waals surface area contributed by atoms with Crippen LogP contribution in [0, 0.1) is 5.92 Å². The van der Waals surface area contributed by atoms with Gasteiger partial charge in [-0.15, -0.1) is 0 Å². The van der Waals surface area contributed by atoms with Gasteiger partial charge in [0.25, 0.3) is 0 Å². The zero-order chi connectivity index (χ0) is 17.8. The number of amides is 2. The minimum absolute atomic E-state index is 0.177. The molecular weight excluding hydrogens is 312 g/mol. The van der Waals surface area contributed by atoms with Crippen molar-refractivity contribution in [2.75, 3.05) is 39.8 Å². The van der Waals surface area contributed by atoms with E-state index >= 15 is 0 Å². The zero-order valence-electron chi connectivity index (χ0n) is 16.5. The molecule has 0 aromatic carbocycles. The molecule has 3 rings (SSSR count). The van der Waals surface area contributed by atoms with Crippen LogP contribution in [0.2, 0.25) is 0 Å². The second-order valence-electron chi connectivity index (χ2n) is 8.97. The Labute approximate surface area is 154 Å². The molecule has 3 aliphatic rings. The first-order valence-electron chi connectivity index (χ1n) is 10.5. The molecule has 2 saturated heterocycles. The van der Waals surface area contributed by atoms with Crippen LogP contribution in [0.3, 0.4) is 0 Å². The lowest BCUT2D eigenvalue weighted by atomic mass is 9.95. The Bertz CT molecular complexity index is 421. The van der Waals surface area contributed by atoms with E-state index in [4.69, 9.17) is 0 Å². The van der Waals surface area contributed by atoms with Crippen LogP contribution in [-0.2, 0) is 0 Å². The highest BCUT2D eigenvalue weighted by Gasteiger charge is 2.39. The quantitative estimate of drug-likeness (QED) is 0.829. The van der Waals surface area contributed by atoms with E-state index in [1.165, 1.54) is 45.2 Å².